The number of benzene rings is 1. The average molecular weight is 226 g/mol. The third kappa shape index (κ3) is 5.19. The Kier molecular flexibility index (Phi) is 5.74. The normalized spacial score (nSPS) is 12.7. The molecule has 0 saturated carbocycles. The summed E-state index contributed by atoms with van der Waals surface area (Å²) < 4.78 is 0. The highest BCUT2D eigenvalue weighted by Crippen LogP contribution is 2.10. The van der Waals surface area contributed by atoms with Gasteiger partial charge in [0.15, 0.2) is 0 Å². The largest absolute Gasteiger partial charge is 0.314 e. The summed E-state index contributed by atoms with van der Waals surface area (Å²) in [5.41, 5.74) is 1.30. The lowest BCUT2D eigenvalue weighted by Crippen LogP contribution is -2.27. The van der Waals surface area contributed by atoms with E-state index in [4.69, 9.17) is 11.6 Å². The van der Waals surface area contributed by atoms with Crippen molar-refractivity contribution in [3.05, 3.63) is 34.9 Å². The van der Waals surface area contributed by atoms with Gasteiger partial charge in [-0.1, -0.05) is 37.1 Å². The zero-order chi connectivity index (χ0) is 11.1. The van der Waals surface area contributed by atoms with Crippen LogP contribution in [0.2, 0.25) is 5.02 Å². The molecule has 15 heavy (non-hydrogen) atoms. The van der Waals surface area contributed by atoms with Gasteiger partial charge < -0.3 is 5.32 Å². The molecule has 0 fully saturated rings. The van der Waals surface area contributed by atoms with Crippen molar-refractivity contribution < 1.29 is 0 Å². The number of rotatable bonds is 6. The minimum absolute atomic E-state index is 0.620. The van der Waals surface area contributed by atoms with Crippen molar-refractivity contribution >= 4 is 11.6 Å². The molecule has 0 heterocycles. The third-order valence-electron chi connectivity index (χ3n) is 2.52. The van der Waals surface area contributed by atoms with E-state index in [1.54, 1.807) is 0 Å². The van der Waals surface area contributed by atoms with Gasteiger partial charge in [-0.3, -0.25) is 0 Å². The van der Waals surface area contributed by atoms with E-state index in [-0.39, 0.29) is 0 Å². The van der Waals surface area contributed by atoms with Crippen LogP contribution in [0.25, 0.3) is 0 Å². The third-order valence-corrected chi connectivity index (χ3v) is 2.75. The number of hydrogen-bond acceptors (Lipinski definition) is 1. The van der Waals surface area contributed by atoms with Crippen molar-refractivity contribution in [2.75, 3.05) is 6.54 Å². The maximum atomic E-state index is 5.92. The van der Waals surface area contributed by atoms with Crippen LogP contribution in [-0.2, 0) is 6.42 Å². The Labute approximate surface area is 97.8 Å². The summed E-state index contributed by atoms with van der Waals surface area (Å²) in [5, 5.41) is 4.34. The fraction of sp³-hybridized carbons (Fsp3) is 0.538. The highest BCUT2D eigenvalue weighted by molar-refractivity contribution is 6.30. The van der Waals surface area contributed by atoms with Gasteiger partial charge in [0.05, 0.1) is 0 Å². The molecule has 0 saturated heterocycles. The van der Waals surface area contributed by atoms with E-state index in [0.29, 0.717) is 6.04 Å². The zero-order valence-electron chi connectivity index (χ0n) is 9.59. The predicted octanol–water partition coefficient (Wildman–Crippen LogP) is 3.66. The van der Waals surface area contributed by atoms with Crippen LogP contribution < -0.4 is 5.32 Å². The molecule has 0 amide bonds. The van der Waals surface area contributed by atoms with Crippen LogP contribution in [0.15, 0.2) is 24.3 Å². The van der Waals surface area contributed by atoms with Gasteiger partial charge in [-0.15, -0.1) is 0 Å². The first-order chi connectivity index (χ1) is 7.22. The summed E-state index contributed by atoms with van der Waals surface area (Å²) in [6, 6.07) is 8.70. The van der Waals surface area contributed by atoms with Crippen LogP contribution in [0.4, 0.5) is 0 Å². The maximum absolute atomic E-state index is 5.92. The van der Waals surface area contributed by atoms with E-state index in [1.165, 1.54) is 18.4 Å². The van der Waals surface area contributed by atoms with Crippen LogP contribution in [0, 0.1) is 0 Å². The van der Waals surface area contributed by atoms with Gasteiger partial charge in [-0.2, -0.15) is 0 Å². The lowest BCUT2D eigenvalue weighted by atomic mass is 10.1. The van der Waals surface area contributed by atoms with Crippen molar-refractivity contribution in [1.82, 2.24) is 5.32 Å². The van der Waals surface area contributed by atoms with Gasteiger partial charge in [0.1, 0.15) is 0 Å². The molecule has 0 bridgehead atoms. The second-order valence-corrected chi connectivity index (χ2v) is 4.46. The molecule has 0 aromatic heterocycles. The Morgan fingerprint density at radius 3 is 2.87 bits per heavy atom. The topological polar surface area (TPSA) is 12.0 Å². The molecule has 1 atom stereocenters. The lowest BCUT2D eigenvalue weighted by molar-refractivity contribution is 0.512. The minimum atomic E-state index is 0.620. The van der Waals surface area contributed by atoms with E-state index in [1.807, 2.05) is 18.2 Å². The Morgan fingerprint density at radius 2 is 2.20 bits per heavy atom. The molecule has 0 radical (unpaired) electrons. The van der Waals surface area contributed by atoms with E-state index in [2.05, 4.69) is 25.2 Å². The summed E-state index contributed by atoms with van der Waals surface area (Å²) in [7, 11) is 0. The average Bonchev–Trinajstić information content (AvgIpc) is 2.18. The first-order valence-electron chi connectivity index (χ1n) is 5.70. The van der Waals surface area contributed by atoms with Crippen LogP contribution in [0.1, 0.15) is 32.3 Å². The molecule has 1 N–H and O–H groups in total. The molecular weight excluding hydrogens is 206 g/mol. The van der Waals surface area contributed by atoms with E-state index < -0.39 is 0 Å². The van der Waals surface area contributed by atoms with Crippen LogP contribution in [0.5, 0.6) is 0 Å². The summed E-state index contributed by atoms with van der Waals surface area (Å²) >= 11 is 5.92. The second-order valence-electron chi connectivity index (χ2n) is 4.02. The van der Waals surface area contributed by atoms with Crippen molar-refractivity contribution in [3.8, 4) is 0 Å². The summed E-state index contributed by atoms with van der Waals surface area (Å²) in [6.45, 7) is 5.48. The van der Waals surface area contributed by atoms with Gasteiger partial charge in [0.2, 0.25) is 0 Å². The fourth-order valence-electron chi connectivity index (χ4n) is 1.69. The fourth-order valence-corrected chi connectivity index (χ4v) is 1.90. The lowest BCUT2D eigenvalue weighted by Gasteiger charge is -2.12. The Hall–Kier alpha value is -0.530. The summed E-state index contributed by atoms with van der Waals surface area (Å²) in [6.07, 6.45) is 3.54. The molecule has 1 rings (SSSR count). The Bertz CT molecular complexity index is 286. The van der Waals surface area contributed by atoms with Gasteiger partial charge in [-0.25, -0.2) is 0 Å². The first-order valence-corrected chi connectivity index (χ1v) is 6.08. The molecular formula is C13H20ClN. The maximum Gasteiger partial charge on any atom is 0.0408 e. The first kappa shape index (κ1) is 12.5. The number of halogens is 1. The Balaban J connectivity index is 2.25. The molecule has 84 valence electrons. The summed E-state index contributed by atoms with van der Waals surface area (Å²) in [5.74, 6) is 0. The molecule has 1 unspecified atom stereocenters. The number of nitrogens with one attached hydrogen (secondary N) is 1. The Morgan fingerprint density at radius 1 is 1.40 bits per heavy atom. The summed E-state index contributed by atoms with van der Waals surface area (Å²) in [4.78, 5) is 0. The van der Waals surface area contributed by atoms with Gasteiger partial charge in [-0.05, 0) is 44.0 Å². The van der Waals surface area contributed by atoms with Crippen LogP contribution in [0.3, 0.4) is 0 Å². The molecule has 0 aliphatic rings. The van der Waals surface area contributed by atoms with Crippen molar-refractivity contribution in [2.45, 2.75) is 39.2 Å². The quantitative estimate of drug-likeness (QED) is 0.779. The standard InChI is InChI=1S/C13H20ClN/c1-3-5-11(2)15-9-8-12-6-4-7-13(14)10-12/h4,6-7,10-11,15H,3,5,8-9H2,1-2H3. The van der Waals surface area contributed by atoms with Crippen molar-refractivity contribution in [3.63, 3.8) is 0 Å². The molecule has 1 aromatic carbocycles. The number of hydrogen-bond donors (Lipinski definition) is 1. The zero-order valence-corrected chi connectivity index (χ0v) is 10.3. The molecule has 1 nitrogen and oxygen atoms in total. The minimum Gasteiger partial charge on any atom is -0.314 e. The molecule has 1 aromatic rings. The van der Waals surface area contributed by atoms with Crippen molar-refractivity contribution in [1.29, 1.82) is 0 Å². The smallest absolute Gasteiger partial charge is 0.0408 e. The van der Waals surface area contributed by atoms with Crippen LogP contribution in [-0.4, -0.2) is 12.6 Å². The van der Waals surface area contributed by atoms with Gasteiger partial charge in [0, 0.05) is 11.1 Å². The highest BCUT2D eigenvalue weighted by Gasteiger charge is 1.99. The van der Waals surface area contributed by atoms with Crippen LogP contribution >= 0.6 is 11.6 Å². The molecule has 0 aliphatic heterocycles. The predicted molar refractivity (Wildman–Crippen MR) is 67.5 cm³/mol. The monoisotopic (exact) mass is 225 g/mol. The van der Waals surface area contributed by atoms with Gasteiger partial charge in [0.25, 0.3) is 0 Å². The van der Waals surface area contributed by atoms with E-state index >= 15 is 0 Å². The molecule has 2 heteroatoms. The van der Waals surface area contributed by atoms with E-state index in [0.717, 1.165) is 18.0 Å². The highest BCUT2D eigenvalue weighted by atomic mass is 35.5. The molecule has 0 spiro atoms. The van der Waals surface area contributed by atoms with Gasteiger partial charge >= 0.3 is 0 Å². The SMILES string of the molecule is CCCC(C)NCCc1cccc(Cl)c1. The molecule has 0 aliphatic carbocycles. The van der Waals surface area contributed by atoms with Crippen molar-refractivity contribution in [2.24, 2.45) is 0 Å². The second kappa shape index (κ2) is 6.86. The van der Waals surface area contributed by atoms with E-state index in [9.17, 15) is 0 Å².